The van der Waals surface area contributed by atoms with Crippen molar-refractivity contribution in [1.82, 2.24) is 14.5 Å². The second-order valence-electron chi connectivity index (χ2n) is 12.9. The molecule has 12 aromatic rings. The van der Waals surface area contributed by atoms with E-state index < -0.39 is 0 Å². The summed E-state index contributed by atoms with van der Waals surface area (Å²) in [6.07, 6.45) is 0. The van der Waals surface area contributed by atoms with Crippen LogP contribution < -0.4 is 0 Å². The van der Waals surface area contributed by atoms with Crippen LogP contribution in [-0.2, 0) is 0 Å². The number of fused-ring (bicyclic) bond motifs is 16. The van der Waals surface area contributed by atoms with Gasteiger partial charge in [-0.25, -0.2) is 9.97 Å². The van der Waals surface area contributed by atoms with Crippen molar-refractivity contribution in [2.24, 2.45) is 0 Å². The standard InChI is InChI=1S/C44H23N3OS2/c1-2-14-26-25(13-1)36-29-16-5-9-22-34(29)49-42(36)37-28-15-3-7-20-32(28)47(40(26)37)44-45-38-30-17-6-10-23-35(30)50-43(38)39(46-44)31-19-11-18-27-24-12-4-8-21-33(24)48-41(27)31/h1-23H. The monoisotopic (exact) mass is 673 g/mol. The Hall–Kier alpha value is -6.08. The van der Waals surface area contributed by atoms with Crippen molar-refractivity contribution in [1.29, 1.82) is 0 Å². The Kier molecular flexibility index (Phi) is 5.23. The summed E-state index contributed by atoms with van der Waals surface area (Å²) in [7, 11) is 0. The molecule has 7 aromatic carbocycles. The highest BCUT2D eigenvalue weighted by molar-refractivity contribution is 7.27. The zero-order chi connectivity index (χ0) is 32.5. The molecule has 0 radical (unpaired) electrons. The van der Waals surface area contributed by atoms with Gasteiger partial charge in [0.1, 0.15) is 11.2 Å². The molecule has 0 saturated carbocycles. The van der Waals surface area contributed by atoms with Crippen molar-refractivity contribution in [3.05, 3.63) is 140 Å². The van der Waals surface area contributed by atoms with Crippen molar-refractivity contribution >= 4 is 118 Å². The van der Waals surface area contributed by atoms with Gasteiger partial charge in [-0.05, 0) is 35.7 Å². The van der Waals surface area contributed by atoms with Crippen molar-refractivity contribution in [2.75, 3.05) is 0 Å². The minimum Gasteiger partial charge on any atom is -0.455 e. The molecule has 0 atom stereocenters. The summed E-state index contributed by atoms with van der Waals surface area (Å²) in [5.74, 6) is 0.654. The van der Waals surface area contributed by atoms with E-state index in [1.165, 1.54) is 46.4 Å². The number of nitrogens with zero attached hydrogens (tertiary/aromatic N) is 3. The zero-order valence-corrected chi connectivity index (χ0v) is 28.0. The molecule has 0 aliphatic rings. The van der Waals surface area contributed by atoms with Gasteiger partial charge < -0.3 is 4.42 Å². The van der Waals surface area contributed by atoms with Gasteiger partial charge in [-0.1, -0.05) is 109 Å². The molecule has 0 spiro atoms. The van der Waals surface area contributed by atoms with Crippen molar-refractivity contribution in [3.8, 4) is 17.2 Å². The molecule has 5 aromatic heterocycles. The number of hydrogen-bond donors (Lipinski definition) is 0. The van der Waals surface area contributed by atoms with Crippen LogP contribution in [0.2, 0.25) is 0 Å². The van der Waals surface area contributed by atoms with Gasteiger partial charge in [0.2, 0.25) is 5.95 Å². The molecular formula is C44H23N3OS2. The van der Waals surface area contributed by atoms with Crippen molar-refractivity contribution < 1.29 is 4.42 Å². The lowest BCUT2D eigenvalue weighted by molar-refractivity contribution is 0.670. The Labute approximate surface area is 292 Å². The Morgan fingerprint density at radius 1 is 0.480 bits per heavy atom. The summed E-state index contributed by atoms with van der Waals surface area (Å²) in [5.41, 5.74) is 6.74. The number of aromatic nitrogens is 3. The third-order valence-electron chi connectivity index (χ3n) is 10.2. The maximum Gasteiger partial charge on any atom is 0.235 e. The summed E-state index contributed by atoms with van der Waals surface area (Å²) in [5, 5.41) is 10.8. The topological polar surface area (TPSA) is 43.9 Å². The van der Waals surface area contributed by atoms with Crippen LogP contribution in [0.5, 0.6) is 0 Å². The molecule has 0 N–H and O–H groups in total. The van der Waals surface area contributed by atoms with Crippen LogP contribution in [0, 0.1) is 0 Å². The van der Waals surface area contributed by atoms with Crippen molar-refractivity contribution in [2.45, 2.75) is 0 Å². The van der Waals surface area contributed by atoms with E-state index in [4.69, 9.17) is 14.4 Å². The van der Waals surface area contributed by atoms with E-state index in [-0.39, 0.29) is 0 Å². The van der Waals surface area contributed by atoms with Gasteiger partial charge in [0.15, 0.2) is 0 Å². The van der Waals surface area contributed by atoms with Gasteiger partial charge in [-0.3, -0.25) is 4.57 Å². The highest BCUT2D eigenvalue weighted by Gasteiger charge is 2.25. The van der Waals surface area contributed by atoms with E-state index in [0.29, 0.717) is 5.95 Å². The number of rotatable bonds is 2. The first-order valence-corrected chi connectivity index (χ1v) is 18.3. The zero-order valence-electron chi connectivity index (χ0n) is 26.3. The minimum absolute atomic E-state index is 0.654. The van der Waals surface area contributed by atoms with E-state index in [2.05, 4.69) is 132 Å². The molecule has 6 heteroatoms. The fourth-order valence-electron chi connectivity index (χ4n) is 8.12. The second kappa shape index (κ2) is 9.76. The lowest BCUT2D eigenvalue weighted by Gasteiger charge is -2.12. The van der Waals surface area contributed by atoms with Crippen LogP contribution in [0.25, 0.3) is 112 Å². The first kappa shape index (κ1) is 26.8. The molecule has 232 valence electrons. The van der Waals surface area contributed by atoms with Crippen LogP contribution in [0.3, 0.4) is 0 Å². The van der Waals surface area contributed by atoms with Crippen LogP contribution in [-0.4, -0.2) is 14.5 Å². The summed E-state index contributed by atoms with van der Waals surface area (Å²) < 4.78 is 13.7. The molecule has 0 saturated heterocycles. The number of furan rings is 1. The molecule has 0 fully saturated rings. The van der Waals surface area contributed by atoms with E-state index >= 15 is 0 Å². The van der Waals surface area contributed by atoms with Crippen molar-refractivity contribution in [3.63, 3.8) is 0 Å². The molecule has 0 aliphatic heterocycles. The predicted molar refractivity (Wildman–Crippen MR) is 212 cm³/mol. The molecule has 0 amide bonds. The highest BCUT2D eigenvalue weighted by Crippen LogP contribution is 2.49. The van der Waals surface area contributed by atoms with Gasteiger partial charge in [-0.2, -0.15) is 0 Å². The van der Waals surface area contributed by atoms with Crippen LogP contribution in [0.4, 0.5) is 0 Å². The first-order chi connectivity index (χ1) is 24.8. The maximum absolute atomic E-state index is 6.61. The highest BCUT2D eigenvalue weighted by atomic mass is 32.1. The average molecular weight is 674 g/mol. The van der Waals surface area contributed by atoms with Gasteiger partial charge >= 0.3 is 0 Å². The van der Waals surface area contributed by atoms with E-state index in [0.717, 1.165) is 59.8 Å². The smallest absolute Gasteiger partial charge is 0.235 e. The van der Waals surface area contributed by atoms with E-state index in [9.17, 15) is 0 Å². The van der Waals surface area contributed by atoms with Gasteiger partial charge in [-0.15, -0.1) is 22.7 Å². The van der Waals surface area contributed by atoms with Crippen LogP contribution in [0.1, 0.15) is 0 Å². The molecule has 12 rings (SSSR count). The quantitative estimate of drug-likeness (QED) is 0.183. The first-order valence-electron chi connectivity index (χ1n) is 16.7. The molecule has 0 bridgehead atoms. The molecule has 5 heterocycles. The second-order valence-corrected chi connectivity index (χ2v) is 15.0. The van der Waals surface area contributed by atoms with Crippen LogP contribution >= 0.6 is 22.7 Å². The van der Waals surface area contributed by atoms with Gasteiger partial charge in [0, 0.05) is 62.8 Å². The van der Waals surface area contributed by atoms with E-state index in [1.807, 2.05) is 23.5 Å². The Morgan fingerprint density at radius 3 is 1.98 bits per heavy atom. The summed E-state index contributed by atoms with van der Waals surface area (Å²) in [4.78, 5) is 11.0. The fourth-order valence-corrected chi connectivity index (χ4v) is 10.5. The average Bonchev–Trinajstić information content (AvgIpc) is 3.93. The third-order valence-corrected chi connectivity index (χ3v) is 12.6. The Balaban J connectivity index is 1.29. The third kappa shape index (κ3) is 3.44. The van der Waals surface area contributed by atoms with Gasteiger partial charge in [0.05, 0.1) is 26.9 Å². The molecule has 4 nitrogen and oxygen atoms in total. The number of thiophene rings is 2. The number of hydrogen-bond acceptors (Lipinski definition) is 5. The minimum atomic E-state index is 0.654. The van der Waals surface area contributed by atoms with E-state index in [1.54, 1.807) is 11.3 Å². The SMILES string of the molecule is c1ccc2c(c1)oc1c(-c3nc(-n4c5ccccc5c5c6sc7ccccc7c6c6ccccc6c54)nc4c3sc3ccccc34)cccc12. The summed E-state index contributed by atoms with van der Waals surface area (Å²) in [6.45, 7) is 0. The lowest BCUT2D eigenvalue weighted by Crippen LogP contribution is -2.03. The Bertz CT molecular complexity index is 3400. The predicted octanol–water partition coefficient (Wildman–Crippen LogP) is 13.0. The summed E-state index contributed by atoms with van der Waals surface area (Å²) in [6, 6.07) is 49.6. The maximum atomic E-state index is 6.61. The normalized spacial score (nSPS) is 12.4. The lowest BCUT2D eigenvalue weighted by atomic mass is 10.00. The summed E-state index contributed by atoms with van der Waals surface area (Å²) >= 11 is 3.62. The van der Waals surface area contributed by atoms with Crippen LogP contribution in [0.15, 0.2) is 144 Å². The number of para-hydroxylation sites is 3. The molecule has 0 unspecified atom stereocenters. The molecule has 50 heavy (non-hydrogen) atoms. The van der Waals surface area contributed by atoms with Gasteiger partial charge in [0.25, 0.3) is 0 Å². The molecular weight excluding hydrogens is 651 g/mol. The fraction of sp³-hybridized carbons (Fsp3) is 0. The number of benzene rings is 7. The Morgan fingerprint density at radius 2 is 1.12 bits per heavy atom. The largest absolute Gasteiger partial charge is 0.455 e. The molecule has 0 aliphatic carbocycles.